The zero-order valence-corrected chi connectivity index (χ0v) is 10.2. The molecule has 1 aliphatic heterocycles. The van der Waals surface area contributed by atoms with Gasteiger partial charge in [-0.05, 0) is 18.8 Å². The Morgan fingerprint density at radius 1 is 1.47 bits per heavy atom. The molecule has 2 aliphatic rings. The van der Waals surface area contributed by atoms with Crippen molar-refractivity contribution in [3.05, 3.63) is 0 Å². The van der Waals surface area contributed by atoms with Gasteiger partial charge >= 0.3 is 0 Å². The first kappa shape index (κ1) is 12.5. The van der Waals surface area contributed by atoms with Crippen molar-refractivity contribution in [3.63, 3.8) is 0 Å². The Labute approximate surface area is 99.7 Å². The van der Waals surface area contributed by atoms with E-state index in [2.05, 4.69) is 10.3 Å². The van der Waals surface area contributed by atoms with E-state index in [4.69, 9.17) is 0 Å². The number of hydrogen-bond donors (Lipinski definition) is 1. The van der Waals surface area contributed by atoms with Crippen LogP contribution in [0.5, 0.6) is 0 Å². The molecule has 0 radical (unpaired) electrons. The summed E-state index contributed by atoms with van der Waals surface area (Å²) >= 11 is 0. The highest BCUT2D eigenvalue weighted by atomic mass is 19.3. The predicted molar refractivity (Wildman–Crippen MR) is 61.1 cm³/mol. The van der Waals surface area contributed by atoms with Gasteiger partial charge in [-0.2, -0.15) is 0 Å². The van der Waals surface area contributed by atoms with E-state index in [1.54, 1.807) is 0 Å². The highest BCUT2D eigenvalue weighted by Gasteiger charge is 2.41. The lowest BCUT2D eigenvalue weighted by Gasteiger charge is -2.28. The summed E-state index contributed by atoms with van der Waals surface area (Å²) in [7, 11) is 0. The molecule has 17 heavy (non-hydrogen) atoms. The molecule has 1 N–H and O–H groups in total. The van der Waals surface area contributed by atoms with E-state index in [-0.39, 0.29) is 30.6 Å². The number of alkyl halides is 2. The second-order valence-electron chi connectivity index (χ2n) is 5.34. The van der Waals surface area contributed by atoms with Crippen molar-refractivity contribution in [2.45, 2.75) is 51.5 Å². The molecule has 0 aromatic heterocycles. The lowest BCUT2D eigenvalue weighted by Crippen LogP contribution is -2.38. The summed E-state index contributed by atoms with van der Waals surface area (Å²) in [6.45, 7) is 3.82. The van der Waals surface area contributed by atoms with Gasteiger partial charge in [-0.3, -0.25) is 9.79 Å². The Morgan fingerprint density at radius 3 is 2.71 bits per heavy atom. The van der Waals surface area contributed by atoms with Gasteiger partial charge in [-0.15, -0.1) is 0 Å². The molecule has 5 heteroatoms. The van der Waals surface area contributed by atoms with Crippen LogP contribution >= 0.6 is 0 Å². The molecule has 96 valence electrons. The molecular weight excluding hydrogens is 226 g/mol. The van der Waals surface area contributed by atoms with Crippen LogP contribution in [0.4, 0.5) is 8.78 Å². The fourth-order valence-electron chi connectivity index (χ4n) is 2.51. The quantitative estimate of drug-likeness (QED) is 0.796. The summed E-state index contributed by atoms with van der Waals surface area (Å²) in [6.07, 6.45) is 0.966. The maximum absolute atomic E-state index is 13.3. The Bertz CT molecular complexity index is 352. The van der Waals surface area contributed by atoms with Crippen LogP contribution in [0, 0.1) is 11.8 Å². The van der Waals surface area contributed by atoms with Crippen LogP contribution in [0.25, 0.3) is 0 Å². The normalized spacial score (nSPS) is 32.5. The molecule has 1 heterocycles. The molecule has 1 aliphatic carbocycles. The number of carbonyl (C=O) groups excluding carboxylic acids is 1. The first-order valence-electron chi connectivity index (χ1n) is 6.15. The van der Waals surface area contributed by atoms with Crippen molar-refractivity contribution in [1.82, 2.24) is 5.32 Å². The lowest BCUT2D eigenvalue weighted by atomic mass is 9.86. The summed E-state index contributed by atoms with van der Waals surface area (Å²) in [6, 6.07) is -0.402. The molecule has 2 atom stereocenters. The first-order chi connectivity index (χ1) is 7.89. The van der Waals surface area contributed by atoms with Gasteiger partial charge in [0.25, 0.3) is 0 Å². The Kier molecular flexibility index (Phi) is 3.19. The smallest absolute Gasteiger partial charge is 0.250 e. The van der Waals surface area contributed by atoms with Crippen molar-refractivity contribution in [3.8, 4) is 0 Å². The maximum Gasteiger partial charge on any atom is 0.250 e. The summed E-state index contributed by atoms with van der Waals surface area (Å²) in [4.78, 5) is 15.9. The standard InChI is InChI=1S/C12H18F2N2O/c1-7(2)9-11(17)16-10(15-9)8-4-3-5-12(13,14)6-8/h7-9H,3-6H2,1-2H3,(H,15,16,17). The van der Waals surface area contributed by atoms with Gasteiger partial charge in [0.2, 0.25) is 11.8 Å². The van der Waals surface area contributed by atoms with Gasteiger partial charge in [-0.1, -0.05) is 13.8 Å². The van der Waals surface area contributed by atoms with Crippen LogP contribution < -0.4 is 5.32 Å². The van der Waals surface area contributed by atoms with Crippen LogP contribution in [-0.4, -0.2) is 23.7 Å². The molecular formula is C12H18F2N2O. The van der Waals surface area contributed by atoms with Crippen molar-refractivity contribution in [1.29, 1.82) is 0 Å². The van der Waals surface area contributed by atoms with Crippen LogP contribution in [0.15, 0.2) is 4.99 Å². The Morgan fingerprint density at radius 2 is 2.18 bits per heavy atom. The molecule has 0 bridgehead atoms. The minimum Gasteiger partial charge on any atom is -0.312 e. The molecule has 3 nitrogen and oxygen atoms in total. The van der Waals surface area contributed by atoms with Gasteiger partial charge in [0.15, 0.2) is 0 Å². The lowest BCUT2D eigenvalue weighted by molar-refractivity contribution is -0.120. The van der Waals surface area contributed by atoms with Crippen molar-refractivity contribution < 1.29 is 13.6 Å². The highest BCUT2D eigenvalue weighted by Crippen LogP contribution is 2.37. The summed E-state index contributed by atoms with van der Waals surface area (Å²) in [5.41, 5.74) is 0. The molecule has 0 aromatic rings. The average Bonchev–Trinajstić information content (AvgIpc) is 2.59. The van der Waals surface area contributed by atoms with E-state index in [0.717, 1.165) is 0 Å². The van der Waals surface area contributed by atoms with Crippen molar-refractivity contribution in [2.75, 3.05) is 0 Å². The molecule has 1 fully saturated rings. The van der Waals surface area contributed by atoms with Gasteiger partial charge in [0.05, 0.1) is 0 Å². The van der Waals surface area contributed by atoms with E-state index >= 15 is 0 Å². The highest BCUT2D eigenvalue weighted by molar-refractivity contribution is 6.06. The number of nitrogens with one attached hydrogen (secondary N) is 1. The molecule has 1 amide bonds. The van der Waals surface area contributed by atoms with E-state index in [1.807, 2.05) is 13.8 Å². The summed E-state index contributed by atoms with van der Waals surface area (Å²) < 4.78 is 26.6. The number of hydrogen-bond acceptors (Lipinski definition) is 2. The van der Waals surface area contributed by atoms with E-state index in [9.17, 15) is 13.6 Å². The third-order valence-corrected chi connectivity index (χ3v) is 3.46. The topological polar surface area (TPSA) is 41.5 Å². The predicted octanol–water partition coefficient (Wildman–Crippen LogP) is 2.36. The van der Waals surface area contributed by atoms with E-state index in [0.29, 0.717) is 18.7 Å². The van der Waals surface area contributed by atoms with Crippen LogP contribution in [0.3, 0.4) is 0 Å². The number of carbonyl (C=O) groups is 1. The van der Waals surface area contributed by atoms with Gasteiger partial charge < -0.3 is 5.32 Å². The number of nitrogens with zero attached hydrogens (tertiary/aromatic N) is 1. The monoisotopic (exact) mass is 244 g/mol. The van der Waals surface area contributed by atoms with E-state index in [1.165, 1.54) is 0 Å². The van der Waals surface area contributed by atoms with Gasteiger partial charge in [0.1, 0.15) is 11.9 Å². The number of aliphatic imine (C=N–C) groups is 1. The molecule has 0 saturated heterocycles. The fourth-order valence-corrected chi connectivity index (χ4v) is 2.51. The minimum absolute atomic E-state index is 0.0433. The van der Waals surface area contributed by atoms with Crippen molar-refractivity contribution in [2.24, 2.45) is 16.8 Å². The number of amidine groups is 1. The number of rotatable bonds is 2. The largest absolute Gasteiger partial charge is 0.312 e. The zero-order chi connectivity index (χ0) is 12.6. The van der Waals surface area contributed by atoms with Gasteiger partial charge in [-0.25, -0.2) is 8.78 Å². The zero-order valence-electron chi connectivity index (χ0n) is 10.2. The number of amides is 1. The van der Waals surface area contributed by atoms with Crippen molar-refractivity contribution >= 4 is 11.7 Å². The second kappa shape index (κ2) is 4.35. The van der Waals surface area contributed by atoms with Crippen LogP contribution in [-0.2, 0) is 4.79 Å². The van der Waals surface area contributed by atoms with Crippen LogP contribution in [0.2, 0.25) is 0 Å². The molecule has 0 aromatic carbocycles. The van der Waals surface area contributed by atoms with Crippen LogP contribution in [0.1, 0.15) is 39.5 Å². The Balaban J connectivity index is 2.08. The maximum atomic E-state index is 13.3. The SMILES string of the molecule is CC(C)C1N=C(C2CCCC(F)(F)C2)NC1=O. The van der Waals surface area contributed by atoms with Gasteiger partial charge in [0, 0.05) is 18.8 Å². The molecule has 2 rings (SSSR count). The minimum atomic E-state index is -2.61. The summed E-state index contributed by atoms with van der Waals surface area (Å²) in [5, 5.41) is 2.67. The Hall–Kier alpha value is -1.00. The molecule has 1 saturated carbocycles. The summed E-state index contributed by atoms with van der Waals surface area (Å²) in [5.74, 6) is -2.45. The number of halogens is 2. The first-order valence-corrected chi connectivity index (χ1v) is 6.15. The second-order valence-corrected chi connectivity index (χ2v) is 5.34. The van der Waals surface area contributed by atoms with E-state index < -0.39 is 12.0 Å². The molecule has 0 spiro atoms. The molecule has 2 unspecified atom stereocenters. The third kappa shape index (κ3) is 2.64. The fraction of sp³-hybridized carbons (Fsp3) is 0.833. The average molecular weight is 244 g/mol. The third-order valence-electron chi connectivity index (χ3n) is 3.46.